The lowest BCUT2D eigenvalue weighted by molar-refractivity contribution is 0.548. The third-order valence-electron chi connectivity index (χ3n) is 3.62. The molecule has 0 fully saturated rings. The Balaban J connectivity index is 2.30. The van der Waals surface area contributed by atoms with Crippen molar-refractivity contribution < 1.29 is 8.78 Å². The van der Waals surface area contributed by atoms with Crippen LogP contribution >= 0.6 is 15.9 Å². The van der Waals surface area contributed by atoms with Gasteiger partial charge in [0.2, 0.25) is 0 Å². The number of rotatable bonds is 3. The molecule has 0 aromatic heterocycles. The predicted octanol–water partition coefficient (Wildman–Crippen LogP) is 5.57. The Hall–Kier alpha value is -1.22. The van der Waals surface area contributed by atoms with Crippen LogP contribution in [0, 0.1) is 32.4 Å². The van der Waals surface area contributed by atoms with E-state index in [9.17, 15) is 8.78 Å². The van der Waals surface area contributed by atoms with Crippen molar-refractivity contribution in [2.75, 3.05) is 0 Å². The average molecular weight is 339 g/mol. The molecule has 0 spiro atoms. The van der Waals surface area contributed by atoms with Crippen LogP contribution in [0.25, 0.3) is 0 Å². The van der Waals surface area contributed by atoms with Gasteiger partial charge in [-0.3, -0.25) is 0 Å². The van der Waals surface area contributed by atoms with Crippen molar-refractivity contribution >= 4 is 15.9 Å². The summed E-state index contributed by atoms with van der Waals surface area (Å²) in [6.07, 6.45) is 0.554. The molecular weight excluding hydrogens is 322 g/mol. The highest BCUT2D eigenvalue weighted by Crippen LogP contribution is 2.32. The number of halogens is 3. The molecule has 0 aliphatic heterocycles. The molecule has 0 aliphatic carbocycles. The molecule has 2 aromatic rings. The highest BCUT2D eigenvalue weighted by molar-refractivity contribution is 9.09. The maximum absolute atomic E-state index is 14.1. The number of aryl methyl sites for hydroxylation is 3. The van der Waals surface area contributed by atoms with Gasteiger partial charge in [0.1, 0.15) is 11.6 Å². The first-order chi connectivity index (χ1) is 9.40. The summed E-state index contributed by atoms with van der Waals surface area (Å²) in [5.74, 6) is -0.963. The Morgan fingerprint density at radius 3 is 2.25 bits per heavy atom. The van der Waals surface area contributed by atoms with Gasteiger partial charge < -0.3 is 0 Å². The normalized spacial score (nSPS) is 12.5. The van der Waals surface area contributed by atoms with Gasteiger partial charge in [0.25, 0.3) is 0 Å². The van der Waals surface area contributed by atoms with E-state index in [1.54, 1.807) is 6.92 Å². The van der Waals surface area contributed by atoms with E-state index in [1.165, 1.54) is 23.3 Å². The summed E-state index contributed by atoms with van der Waals surface area (Å²) in [6.45, 7) is 5.73. The van der Waals surface area contributed by atoms with Crippen LogP contribution in [0.2, 0.25) is 0 Å². The van der Waals surface area contributed by atoms with E-state index in [4.69, 9.17) is 0 Å². The minimum atomic E-state index is -0.501. The number of alkyl halides is 1. The second-order valence-electron chi connectivity index (χ2n) is 5.18. The van der Waals surface area contributed by atoms with Gasteiger partial charge in [0.05, 0.1) is 0 Å². The molecule has 0 saturated heterocycles. The van der Waals surface area contributed by atoms with Crippen molar-refractivity contribution in [1.82, 2.24) is 0 Å². The molecule has 0 nitrogen and oxygen atoms in total. The smallest absolute Gasteiger partial charge is 0.133 e. The molecule has 3 heteroatoms. The lowest BCUT2D eigenvalue weighted by atomic mass is 9.99. The van der Waals surface area contributed by atoms with Gasteiger partial charge in [-0.05, 0) is 55.5 Å². The Labute approximate surface area is 127 Å². The second-order valence-corrected chi connectivity index (χ2v) is 6.29. The van der Waals surface area contributed by atoms with Crippen LogP contribution in [0.1, 0.15) is 32.6 Å². The van der Waals surface area contributed by atoms with Gasteiger partial charge in [-0.2, -0.15) is 0 Å². The van der Waals surface area contributed by atoms with Crippen molar-refractivity contribution in [1.29, 1.82) is 0 Å². The van der Waals surface area contributed by atoms with Crippen LogP contribution in [0.5, 0.6) is 0 Å². The van der Waals surface area contributed by atoms with Gasteiger partial charge >= 0.3 is 0 Å². The monoisotopic (exact) mass is 338 g/mol. The first-order valence-corrected chi connectivity index (χ1v) is 7.46. The maximum atomic E-state index is 14.1. The van der Waals surface area contributed by atoms with E-state index in [0.717, 1.165) is 5.56 Å². The van der Waals surface area contributed by atoms with Gasteiger partial charge in [-0.25, -0.2) is 8.78 Å². The lowest BCUT2D eigenvalue weighted by Crippen LogP contribution is -2.04. The summed E-state index contributed by atoms with van der Waals surface area (Å²) in [6, 6.07) is 8.89. The minimum absolute atomic E-state index is 0.114. The van der Waals surface area contributed by atoms with Crippen molar-refractivity contribution in [3.63, 3.8) is 0 Å². The Morgan fingerprint density at radius 1 is 0.950 bits per heavy atom. The fourth-order valence-electron chi connectivity index (χ4n) is 2.20. The number of hydrogen-bond acceptors (Lipinski definition) is 0. The molecule has 0 N–H and O–H groups in total. The van der Waals surface area contributed by atoms with Crippen LogP contribution in [-0.2, 0) is 6.42 Å². The molecule has 0 bridgehead atoms. The Morgan fingerprint density at radius 2 is 1.60 bits per heavy atom. The van der Waals surface area contributed by atoms with Gasteiger partial charge in [0, 0.05) is 10.4 Å². The molecule has 106 valence electrons. The first-order valence-electron chi connectivity index (χ1n) is 6.55. The van der Waals surface area contributed by atoms with Gasteiger partial charge in [-0.1, -0.05) is 40.2 Å². The Kier molecular flexibility index (Phi) is 4.59. The fraction of sp³-hybridized carbons (Fsp3) is 0.294. The second kappa shape index (κ2) is 6.04. The van der Waals surface area contributed by atoms with Gasteiger partial charge in [-0.15, -0.1) is 0 Å². The summed E-state index contributed by atoms with van der Waals surface area (Å²) in [4.78, 5) is -0.371. The summed E-state index contributed by atoms with van der Waals surface area (Å²) in [5, 5.41) is 0. The lowest BCUT2D eigenvalue weighted by Gasteiger charge is -2.14. The maximum Gasteiger partial charge on any atom is 0.133 e. The first kappa shape index (κ1) is 15.2. The summed E-state index contributed by atoms with van der Waals surface area (Å²) in [7, 11) is 0. The standard InChI is InChI=1S/C17H17BrF2/c1-10-4-6-13(8-12(10)3)9-14(18)16-15(19)7-5-11(2)17(16)20/h4-8,14H,9H2,1-3H3. The molecule has 0 saturated carbocycles. The van der Waals surface area contributed by atoms with E-state index in [1.807, 2.05) is 26.0 Å². The van der Waals surface area contributed by atoms with Crippen LogP contribution in [0.15, 0.2) is 30.3 Å². The molecule has 0 aliphatic rings. The summed E-state index contributed by atoms with van der Waals surface area (Å²) >= 11 is 3.42. The molecule has 2 rings (SSSR count). The molecule has 1 unspecified atom stereocenters. The highest BCUT2D eigenvalue weighted by Gasteiger charge is 2.19. The fourth-order valence-corrected chi connectivity index (χ4v) is 3.00. The quantitative estimate of drug-likeness (QED) is 0.642. The molecule has 20 heavy (non-hydrogen) atoms. The van der Waals surface area contributed by atoms with E-state index in [2.05, 4.69) is 22.0 Å². The van der Waals surface area contributed by atoms with Crippen LogP contribution < -0.4 is 0 Å². The molecule has 0 radical (unpaired) electrons. The molecule has 1 atom stereocenters. The zero-order valence-electron chi connectivity index (χ0n) is 11.8. The third-order valence-corrected chi connectivity index (χ3v) is 4.40. The minimum Gasteiger partial charge on any atom is -0.207 e. The van der Waals surface area contributed by atoms with Crippen molar-refractivity contribution in [2.45, 2.75) is 32.0 Å². The predicted molar refractivity (Wildman–Crippen MR) is 82.4 cm³/mol. The number of benzene rings is 2. The zero-order valence-corrected chi connectivity index (χ0v) is 13.4. The average Bonchev–Trinajstić information content (AvgIpc) is 2.39. The molecule has 0 heterocycles. The summed E-state index contributed by atoms with van der Waals surface area (Å²) < 4.78 is 27.9. The van der Waals surface area contributed by atoms with Crippen molar-refractivity contribution in [3.8, 4) is 0 Å². The molecule has 2 aromatic carbocycles. The van der Waals surface area contributed by atoms with E-state index in [0.29, 0.717) is 12.0 Å². The topological polar surface area (TPSA) is 0 Å². The van der Waals surface area contributed by atoms with Crippen LogP contribution in [0.3, 0.4) is 0 Å². The van der Waals surface area contributed by atoms with E-state index in [-0.39, 0.29) is 10.4 Å². The SMILES string of the molecule is Cc1ccc(CC(Br)c2c(F)ccc(C)c2F)cc1C. The number of hydrogen-bond donors (Lipinski definition) is 0. The van der Waals surface area contributed by atoms with Gasteiger partial charge in [0.15, 0.2) is 0 Å². The third kappa shape index (κ3) is 3.09. The molecular formula is C17H17BrF2. The van der Waals surface area contributed by atoms with E-state index < -0.39 is 11.6 Å². The Bertz CT molecular complexity index is 635. The summed E-state index contributed by atoms with van der Waals surface area (Å²) in [5.41, 5.74) is 4.05. The molecule has 0 amide bonds. The zero-order chi connectivity index (χ0) is 14.9. The largest absolute Gasteiger partial charge is 0.207 e. The highest BCUT2D eigenvalue weighted by atomic mass is 79.9. The van der Waals surface area contributed by atoms with Crippen molar-refractivity contribution in [3.05, 3.63) is 69.8 Å². The van der Waals surface area contributed by atoms with Crippen molar-refractivity contribution in [2.24, 2.45) is 0 Å². The van der Waals surface area contributed by atoms with Crippen LogP contribution in [-0.4, -0.2) is 0 Å². The van der Waals surface area contributed by atoms with Crippen LogP contribution in [0.4, 0.5) is 8.78 Å². The van der Waals surface area contributed by atoms with E-state index >= 15 is 0 Å².